The molecule has 1 amide bonds. The van der Waals surface area contributed by atoms with Gasteiger partial charge >= 0.3 is 0 Å². The van der Waals surface area contributed by atoms with Crippen LogP contribution in [0.15, 0.2) is 27.7 Å². The van der Waals surface area contributed by atoms with Crippen LogP contribution in [0.3, 0.4) is 0 Å². The highest BCUT2D eigenvalue weighted by molar-refractivity contribution is 14.0. The van der Waals surface area contributed by atoms with Crippen LogP contribution in [0.4, 0.5) is 4.39 Å². The summed E-state index contributed by atoms with van der Waals surface area (Å²) >= 11 is 3.26. The molecule has 2 unspecified atom stereocenters. The van der Waals surface area contributed by atoms with Gasteiger partial charge in [0, 0.05) is 41.6 Å². The van der Waals surface area contributed by atoms with E-state index in [0.29, 0.717) is 22.5 Å². The molecule has 27 heavy (non-hydrogen) atoms. The molecule has 0 heterocycles. The van der Waals surface area contributed by atoms with Crippen LogP contribution in [-0.4, -0.2) is 31.0 Å². The van der Waals surface area contributed by atoms with Crippen LogP contribution < -0.4 is 16.0 Å². The van der Waals surface area contributed by atoms with Gasteiger partial charge in [-0.1, -0.05) is 28.4 Å². The number of benzene rings is 1. The maximum atomic E-state index is 13.9. The summed E-state index contributed by atoms with van der Waals surface area (Å²) in [5.74, 6) is 0.532. The minimum atomic E-state index is -0.259. The molecule has 152 valence electrons. The van der Waals surface area contributed by atoms with Gasteiger partial charge in [-0.3, -0.25) is 9.79 Å². The number of carbonyl (C=O) groups excluding carboxylic acids is 1. The summed E-state index contributed by atoms with van der Waals surface area (Å²) in [7, 11) is 1.69. The van der Waals surface area contributed by atoms with E-state index in [1.165, 1.54) is 6.07 Å². The van der Waals surface area contributed by atoms with Gasteiger partial charge in [0.25, 0.3) is 0 Å². The zero-order valence-electron chi connectivity index (χ0n) is 16.0. The van der Waals surface area contributed by atoms with E-state index in [-0.39, 0.29) is 53.7 Å². The summed E-state index contributed by atoms with van der Waals surface area (Å²) in [6, 6.07) is 5.35. The quantitative estimate of drug-likeness (QED) is 0.293. The molecule has 1 aromatic rings. The molecule has 0 saturated heterocycles. The maximum Gasteiger partial charge on any atom is 0.223 e. The van der Waals surface area contributed by atoms with Gasteiger partial charge in [0.1, 0.15) is 5.82 Å². The van der Waals surface area contributed by atoms with E-state index in [1.54, 1.807) is 13.1 Å². The lowest BCUT2D eigenvalue weighted by Gasteiger charge is -2.30. The second-order valence-electron chi connectivity index (χ2n) is 7.03. The first-order valence-corrected chi connectivity index (χ1v) is 9.89. The van der Waals surface area contributed by atoms with Crippen molar-refractivity contribution < 1.29 is 9.18 Å². The normalized spacial score (nSPS) is 20.0. The Labute approximate surface area is 186 Å². The van der Waals surface area contributed by atoms with Crippen molar-refractivity contribution in [3.05, 3.63) is 34.1 Å². The maximum absolute atomic E-state index is 13.9. The molecular formula is C19H29BrFIN4O. The lowest BCUT2D eigenvalue weighted by Crippen LogP contribution is -2.47. The second-order valence-corrected chi connectivity index (χ2v) is 7.95. The summed E-state index contributed by atoms with van der Waals surface area (Å²) in [6.45, 7) is 4.30. The smallest absolute Gasteiger partial charge is 0.223 e. The van der Waals surface area contributed by atoms with Crippen LogP contribution in [0.2, 0.25) is 0 Å². The van der Waals surface area contributed by atoms with E-state index in [2.05, 4.69) is 36.9 Å². The third kappa shape index (κ3) is 7.93. The van der Waals surface area contributed by atoms with Gasteiger partial charge in [0.05, 0.1) is 0 Å². The average Bonchev–Trinajstić information content (AvgIpc) is 2.59. The first kappa shape index (κ1) is 24.1. The number of amides is 1. The number of aliphatic imine (C=N–C) groups is 1. The van der Waals surface area contributed by atoms with Crippen LogP contribution in [0.1, 0.15) is 45.1 Å². The van der Waals surface area contributed by atoms with Gasteiger partial charge in [0.2, 0.25) is 5.91 Å². The highest BCUT2D eigenvalue weighted by Gasteiger charge is 2.28. The van der Waals surface area contributed by atoms with Gasteiger partial charge in [0.15, 0.2) is 5.96 Å². The van der Waals surface area contributed by atoms with Crippen molar-refractivity contribution in [3.63, 3.8) is 0 Å². The fourth-order valence-electron chi connectivity index (χ4n) is 3.19. The first-order chi connectivity index (χ1) is 12.4. The summed E-state index contributed by atoms with van der Waals surface area (Å²) < 4.78 is 14.6. The summed E-state index contributed by atoms with van der Waals surface area (Å²) in [4.78, 5) is 16.5. The summed E-state index contributed by atoms with van der Waals surface area (Å²) in [5.41, 5.74) is 0.578. The fourth-order valence-corrected chi connectivity index (χ4v) is 3.53. The van der Waals surface area contributed by atoms with Crippen molar-refractivity contribution >= 4 is 51.8 Å². The average molecular weight is 555 g/mol. The fraction of sp³-hybridized carbons (Fsp3) is 0.579. The monoisotopic (exact) mass is 554 g/mol. The van der Waals surface area contributed by atoms with Gasteiger partial charge in [-0.15, -0.1) is 24.0 Å². The Balaban J connectivity index is 0.00000364. The lowest BCUT2D eigenvalue weighted by atomic mass is 9.85. The van der Waals surface area contributed by atoms with Crippen molar-refractivity contribution in [2.75, 3.05) is 7.05 Å². The van der Waals surface area contributed by atoms with Gasteiger partial charge in [-0.05, 0) is 45.2 Å². The van der Waals surface area contributed by atoms with Crippen molar-refractivity contribution in [3.8, 4) is 0 Å². The van der Waals surface area contributed by atoms with E-state index in [1.807, 2.05) is 19.9 Å². The minimum Gasteiger partial charge on any atom is -0.354 e. The summed E-state index contributed by atoms with van der Waals surface area (Å²) in [6.07, 6.45) is 3.71. The number of rotatable bonds is 5. The van der Waals surface area contributed by atoms with Gasteiger partial charge in [-0.25, -0.2) is 4.39 Å². The van der Waals surface area contributed by atoms with Gasteiger partial charge < -0.3 is 16.0 Å². The third-order valence-corrected chi connectivity index (χ3v) is 5.00. The van der Waals surface area contributed by atoms with E-state index < -0.39 is 0 Å². The Bertz CT molecular complexity index is 657. The predicted octanol–water partition coefficient (Wildman–Crippen LogP) is 3.95. The van der Waals surface area contributed by atoms with E-state index in [4.69, 9.17) is 0 Å². The van der Waals surface area contributed by atoms with Crippen LogP contribution in [0.25, 0.3) is 0 Å². The van der Waals surface area contributed by atoms with Crippen LogP contribution in [0, 0.1) is 11.7 Å². The molecule has 0 spiro atoms. The molecule has 2 rings (SSSR count). The van der Waals surface area contributed by atoms with Crippen LogP contribution in [-0.2, 0) is 11.3 Å². The number of nitrogens with one attached hydrogen (secondary N) is 3. The Kier molecular flexibility index (Phi) is 10.6. The molecule has 0 aliphatic heterocycles. The Hall–Kier alpha value is -0.900. The second kappa shape index (κ2) is 11.8. The third-order valence-electron chi connectivity index (χ3n) is 4.50. The molecular weight excluding hydrogens is 526 g/mol. The number of hydrogen-bond acceptors (Lipinski definition) is 2. The zero-order valence-corrected chi connectivity index (χ0v) is 19.9. The van der Waals surface area contributed by atoms with Crippen LogP contribution >= 0.6 is 39.9 Å². The summed E-state index contributed by atoms with van der Waals surface area (Å²) in [5, 5.41) is 9.52. The topological polar surface area (TPSA) is 65.5 Å². The highest BCUT2D eigenvalue weighted by Crippen LogP contribution is 2.24. The molecule has 1 saturated carbocycles. The molecule has 1 aromatic carbocycles. The molecule has 0 aromatic heterocycles. The molecule has 1 fully saturated rings. The van der Waals surface area contributed by atoms with Crippen molar-refractivity contribution in [2.45, 2.75) is 58.2 Å². The molecule has 3 N–H and O–H groups in total. The molecule has 0 radical (unpaired) electrons. The van der Waals surface area contributed by atoms with Gasteiger partial charge in [-0.2, -0.15) is 0 Å². The molecule has 2 atom stereocenters. The first-order valence-electron chi connectivity index (χ1n) is 9.10. The number of halogens is 3. The van der Waals surface area contributed by atoms with Crippen molar-refractivity contribution in [1.29, 1.82) is 0 Å². The largest absolute Gasteiger partial charge is 0.354 e. The predicted molar refractivity (Wildman–Crippen MR) is 122 cm³/mol. The van der Waals surface area contributed by atoms with Crippen molar-refractivity contribution in [1.82, 2.24) is 16.0 Å². The molecule has 1 aliphatic rings. The van der Waals surface area contributed by atoms with Crippen molar-refractivity contribution in [2.24, 2.45) is 10.9 Å². The minimum absolute atomic E-state index is 0. The molecule has 1 aliphatic carbocycles. The van der Waals surface area contributed by atoms with E-state index in [0.717, 1.165) is 25.7 Å². The number of guanidine groups is 1. The molecule has 8 heteroatoms. The van der Waals surface area contributed by atoms with E-state index >= 15 is 0 Å². The SMILES string of the molecule is CN=C(NCc1ccc(Br)cc1F)NC1CCCC(C(=O)NC(C)C)C1.I. The van der Waals surface area contributed by atoms with Crippen LogP contribution in [0.5, 0.6) is 0 Å². The molecule has 0 bridgehead atoms. The lowest BCUT2D eigenvalue weighted by molar-refractivity contribution is -0.126. The Morgan fingerprint density at radius 1 is 1.37 bits per heavy atom. The number of hydrogen-bond donors (Lipinski definition) is 3. The Morgan fingerprint density at radius 3 is 2.74 bits per heavy atom. The number of nitrogens with zero attached hydrogens (tertiary/aromatic N) is 1. The zero-order chi connectivity index (χ0) is 19.1. The Morgan fingerprint density at radius 2 is 2.11 bits per heavy atom. The van der Waals surface area contributed by atoms with E-state index in [9.17, 15) is 9.18 Å². The standard InChI is InChI=1S/C19H28BrFN4O.HI/c1-12(2)24-18(26)13-5-4-6-16(9-13)25-19(22-3)23-11-14-7-8-15(20)10-17(14)21;/h7-8,10,12-13,16H,4-6,9,11H2,1-3H3,(H,24,26)(H2,22,23,25);1H. The highest BCUT2D eigenvalue weighted by atomic mass is 127. The number of carbonyl (C=O) groups is 1. The molecule has 5 nitrogen and oxygen atoms in total.